The van der Waals surface area contributed by atoms with Crippen molar-refractivity contribution in [1.29, 1.82) is 0 Å². The maximum Gasteiger partial charge on any atom is 0.334 e. The summed E-state index contributed by atoms with van der Waals surface area (Å²) in [5, 5.41) is 8.50. The maximum absolute atomic E-state index is 10.3. The Morgan fingerprint density at radius 2 is 2.36 bits per heavy atom. The third-order valence-corrected chi connectivity index (χ3v) is 1.54. The van der Waals surface area contributed by atoms with E-state index in [4.69, 9.17) is 9.84 Å². The van der Waals surface area contributed by atoms with Gasteiger partial charge in [-0.1, -0.05) is 0 Å². The highest BCUT2D eigenvalue weighted by atomic mass is 35.5. The molecule has 1 saturated heterocycles. The van der Waals surface area contributed by atoms with E-state index in [0.29, 0.717) is 13.2 Å². The lowest BCUT2D eigenvalue weighted by molar-refractivity contribution is -0.155. The average molecular weight is 182 g/mol. The van der Waals surface area contributed by atoms with Crippen molar-refractivity contribution in [3.8, 4) is 0 Å². The first-order valence-corrected chi connectivity index (χ1v) is 3.23. The molecule has 1 unspecified atom stereocenters. The average Bonchev–Trinajstić information content (AvgIpc) is 1.88. The SMILES string of the molecule is CN1CCOC(C(=O)O)C1.Cl. The van der Waals surface area contributed by atoms with E-state index in [-0.39, 0.29) is 12.4 Å². The fourth-order valence-electron chi connectivity index (χ4n) is 0.927. The smallest absolute Gasteiger partial charge is 0.334 e. The van der Waals surface area contributed by atoms with Gasteiger partial charge < -0.3 is 14.7 Å². The second-order valence-corrected chi connectivity index (χ2v) is 2.46. The van der Waals surface area contributed by atoms with Crippen molar-refractivity contribution >= 4 is 18.4 Å². The molecular formula is C6H12ClNO3. The first kappa shape index (κ1) is 10.7. The van der Waals surface area contributed by atoms with Crippen molar-refractivity contribution in [2.75, 3.05) is 26.7 Å². The Labute approximate surface area is 71.5 Å². The fraction of sp³-hybridized carbons (Fsp3) is 0.833. The van der Waals surface area contributed by atoms with Crippen LogP contribution in [0.3, 0.4) is 0 Å². The van der Waals surface area contributed by atoms with Crippen molar-refractivity contribution in [3.05, 3.63) is 0 Å². The number of carboxylic acids is 1. The zero-order chi connectivity index (χ0) is 7.56. The second-order valence-electron chi connectivity index (χ2n) is 2.46. The van der Waals surface area contributed by atoms with Gasteiger partial charge in [-0.3, -0.25) is 0 Å². The summed E-state index contributed by atoms with van der Waals surface area (Å²) in [6.45, 7) is 1.84. The van der Waals surface area contributed by atoms with Gasteiger partial charge in [0.1, 0.15) is 0 Å². The summed E-state index contributed by atoms with van der Waals surface area (Å²) in [6, 6.07) is 0. The number of nitrogens with zero attached hydrogens (tertiary/aromatic N) is 1. The van der Waals surface area contributed by atoms with Crippen LogP contribution in [0.25, 0.3) is 0 Å². The molecule has 1 aliphatic rings. The lowest BCUT2D eigenvalue weighted by Crippen LogP contribution is -2.43. The minimum absolute atomic E-state index is 0. The van der Waals surface area contributed by atoms with Crippen LogP contribution in [0.15, 0.2) is 0 Å². The molecule has 0 aromatic rings. The molecule has 1 N–H and O–H groups in total. The fourth-order valence-corrected chi connectivity index (χ4v) is 0.927. The molecule has 0 saturated carbocycles. The number of halogens is 1. The molecule has 1 rings (SSSR count). The number of hydrogen-bond acceptors (Lipinski definition) is 3. The first-order valence-electron chi connectivity index (χ1n) is 3.23. The number of morpholine rings is 1. The van der Waals surface area contributed by atoms with E-state index in [1.54, 1.807) is 0 Å². The second kappa shape index (κ2) is 4.54. The van der Waals surface area contributed by atoms with Crippen molar-refractivity contribution < 1.29 is 14.6 Å². The summed E-state index contributed by atoms with van der Waals surface area (Å²) in [5.74, 6) is -0.869. The lowest BCUT2D eigenvalue weighted by Gasteiger charge is -2.27. The molecule has 0 aromatic heterocycles. The molecule has 66 valence electrons. The summed E-state index contributed by atoms with van der Waals surface area (Å²) in [6.07, 6.45) is -0.626. The molecule has 0 aliphatic carbocycles. The van der Waals surface area contributed by atoms with E-state index in [0.717, 1.165) is 6.54 Å². The van der Waals surface area contributed by atoms with Gasteiger partial charge >= 0.3 is 5.97 Å². The van der Waals surface area contributed by atoms with Crippen LogP contribution in [-0.2, 0) is 9.53 Å². The van der Waals surface area contributed by atoms with Crippen molar-refractivity contribution in [2.45, 2.75) is 6.10 Å². The molecule has 0 spiro atoms. The van der Waals surface area contributed by atoms with E-state index < -0.39 is 12.1 Å². The largest absolute Gasteiger partial charge is 0.479 e. The van der Waals surface area contributed by atoms with Gasteiger partial charge in [-0.05, 0) is 7.05 Å². The Balaban J connectivity index is 0.000001000. The van der Waals surface area contributed by atoms with Gasteiger partial charge in [-0.15, -0.1) is 12.4 Å². The molecule has 0 bridgehead atoms. The summed E-state index contributed by atoms with van der Waals surface area (Å²) >= 11 is 0. The highest BCUT2D eigenvalue weighted by molar-refractivity contribution is 5.85. The highest BCUT2D eigenvalue weighted by Gasteiger charge is 2.23. The summed E-state index contributed by atoms with van der Waals surface area (Å²) in [5.41, 5.74) is 0. The van der Waals surface area contributed by atoms with E-state index in [1.165, 1.54) is 0 Å². The van der Waals surface area contributed by atoms with Crippen LogP contribution in [0.4, 0.5) is 0 Å². The van der Waals surface area contributed by atoms with E-state index in [2.05, 4.69) is 0 Å². The number of rotatable bonds is 1. The van der Waals surface area contributed by atoms with Crippen LogP contribution in [-0.4, -0.2) is 48.8 Å². The highest BCUT2D eigenvalue weighted by Crippen LogP contribution is 2.01. The third kappa shape index (κ3) is 3.05. The minimum atomic E-state index is -0.869. The predicted molar refractivity (Wildman–Crippen MR) is 42.1 cm³/mol. The molecular weight excluding hydrogens is 170 g/mol. The van der Waals surface area contributed by atoms with Crippen LogP contribution in [0, 0.1) is 0 Å². The number of carboxylic acid groups (broad SMARTS) is 1. The predicted octanol–water partition coefficient (Wildman–Crippen LogP) is -0.177. The van der Waals surface area contributed by atoms with Crippen LogP contribution >= 0.6 is 12.4 Å². The Morgan fingerprint density at radius 3 is 2.73 bits per heavy atom. The van der Waals surface area contributed by atoms with Gasteiger partial charge in [0.05, 0.1) is 6.61 Å². The topological polar surface area (TPSA) is 49.8 Å². The van der Waals surface area contributed by atoms with Gasteiger partial charge in [-0.2, -0.15) is 0 Å². The standard InChI is InChI=1S/C6H11NO3.ClH/c1-7-2-3-10-5(4-7)6(8)9;/h5H,2-4H2,1H3,(H,8,9);1H. The Hall–Kier alpha value is -0.320. The lowest BCUT2D eigenvalue weighted by atomic mass is 10.3. The zero-order valence-electron chi connectivity index (χ0n) is 6.32. The number of likely N-dealkylation sites (N-methyl/N-ethyl adjacent to an activating group) is 1. The van der Waals surface area contributed by atoms with Crippen LogP contribution in [0.2, 0.25) is 0 Å². The van der Waals surface area contributed by atoms with Gasteiger partial charge in [0, 0.05) is 13.1 Å². The van der Waals surface area contributed by atoms with Crippen LogP contribution in [0.1, 0.15) is 0 Å². The summed E-state index contributed by atoms with van der Waals surface area (Å²) in [4.78, 5) is 12.3. The Kier molecular flexibility index (Phi) is 4.40. The molecule has 1 atom stereocenters. The van der Waals surface area contributed by atoms with Crippen LogP contribution in [0.5, 0.6) is 0 Å². The molecule has 5 heteroatoms. The maximum atomic E-state index is 10.3. The molecule has 11 heavy (non-hydrogen) atoms. The van der Waals surface area contributed by atoms with Crippen molar-refractivity contribution in [3.63, 3.8) is 0 Å². The van der Waals surface area contributed by atoms with E-state index >= 15 is 0 Å². The Morgan fingerprint density at radius 1 is 1.73 bits per heavy atom. The molecule has 0 aromatic carbocycles. The number of hydrogen-bond donors (Lipinski definition) is 1. The van der Waals surface area contributed by atoms with E-state index in [1.807, 2.05) is 11.9 Å². The number of aliphatic carboxylic acids is 1. The Bertz CT molecular complexity index is 142. The summed E-state index contributed by atoms with van der Waals surface area (Å²) < 4.78 is 4.97. The van der Waals surface area contributed by atoms with Gasteiger partial charge in [0.25, 0.3) is 0 Å². The first-order chi connectivity index (χ1) is 4.70. The van der Waals surface area contributed by atoms with Gasteiger partial charge in [-0.25, -0.2) is 4.79 Å². The third-order valence-electron chi connectivity index (χ3n) is 1.54. The van der Waals surface area contributed by atoms with Gasteiger partial charge in [0.15, 0.2) is 6.10 Å². The summed E-state index contributed by atoms with van der Waals surface area (Å²) in [7, 11) is 1.89. The quantitative estimate of drug-likeness (QED) is 0.610. The van der Waals surface area contributed by atoms with Crippen molar-refractivity contribution in [2.24, 2.45) is 0 Å². The van der Waals surface area contributed by atoms with Crippen molar-refractivity contribution in [1.82, 2.24) is 4.90 Å². The molecule has 4 nitrogen and oxygen atoms in total. The number of ether oxygens (including phenoxy) is 1. The monoisotopic (exact) mass is 181 g/mol. The molecule has 1 fully saturated rings. The van der Waals surface area contributed by atoms with E-state index in [9.17, 15) is 4.79 Å². The molecule has 0 amide bonds. The number of carbonyl (C=O) groups is 1. The molecule has 0 radical (unpaired) electrons. The zero-order valence-corrected chi connectivity index (χ0v) is 7.13. The van der Waals surface area contributed by atoms with Gasteiger partial charge in [0.2, 0.25) is 0 Å². The minimum Gasteiger partial charge on any atom is -0.479 e. The molecule has 1 aliphatic heterocycles. The molecule has 1 heterocycles. The normalized spacial score (nSPS) is 25.7. The van der Waals surface area contributed by atoms with Crippen LogP contribution < -0.4 is 0 Å².